The number of benzene rings is 7. The largest absolute Gasteiger partial charge is 0.135 e. The van der Waals surface area contributed by atoms with Crippen molar-refractivity contribution in [2.45, 2.75) is 28.9 Å². The molecule has 0 saturated carbocycles. The Morgan fingerprint density at radius 3 is 2.12 bits per heavy atom. The molecular weight excluding hydrogens is 617 g/mol. The van der Waals surface area contributed by atoms with Crippen LogP contribution in [0.4, 0.5) is 0 Å². The molecule has 226 valence electrons. The lowest BCUT2D eigenvalue weighted by atomic mass is 9.75. The van der Waals surface area contributed by atoms with E-state index in [1.165, 1.54) is 96.0 Å². The van der Waals surface area contributed by atoms with Gasteiger partial charge in [0.2, 0.25) is 0 Å². The molecule has 7 aromatic carbocycles. The average Bonchev–Trinajstić information content (AvgIpc) is 3.73. The van der Waals surface area contributed by atoms with Gasteiger partial charge in [0.1, 0.15) is 0 Å². The van der Waals surface area contributed by atoms with Crippen LogP contribution in [-0.2, 0) is 0 Å². The molecule has 0 bridgehead atoms. The van der Waals surface area contributed by atoms with Gasteiger partial charge >= 0.3 is 0 Å². The fourth-order valence-electron chi connectivity index (χ4n) is 8.81. The second-order valence-corrected chi connectivity index (χ2v) is 15.6. The van der Waals surface area contributed by atoms with Gasteiger partial charge in [-0.3, -0.25) is 0 Å². The highest BCUT2D eigenvalue weighted by atomic mass is 32.2. The normalized spacial score (nSPS) is 17.8. The van der Waals surface area contributed by atoms with E-state index in [2.05, 4.69) is 157 Å². The molecule has 11 rings (SSSR count). The number of hydrogen-bond acceptors (Lipinski definition) is 2. The Morgan fingerprint density at radius 2 is 1.25 bits per heavy atom. The van der Waals surface area contributed by atoms with Crippen LogP contribution in [0.3, 0.4) is 0 Å². The molecule has 2 atom stereocenters. The van der Waals surface area contributed by atoms with Gasteiger partial charge in [-0.15, -0.1) is 23.1 Å². The topological polar surface area (TPSA) is 0 Å². The lowest BCUT2D eigenvalue weighted by Gasteiger charge is -2.31. The van der Waals surface area contributed by atoms with Crippen molar-refractivity contribution in [1.82, 2.24) is 0 Å². The van der Waals surface area contributed by atoms with Crippen molar-refractivity contribution in [2.75, 3.05) is 0 Å². The van der Waals surface area contributed by atoms with E-state index in [4.69, 9.17) is 0 Å². The van der Waals surface area contributed by atoms with Crippen molar-refractivity contribution < 1.29 is 0 Å². The summed E-state index contributed by atoms with van der Waals surface area (Å²) in [6.45, 7) is 0. The third-order valence-corrected chi connectivity index (χ3v) is 13.5. The second-order valence-electron chi connectivity index (χ2n) is 13.4. The van der Waals surface area contributed by atoms with Crippen molar-refractivity contribution in [1.29, 1.82) is 0 Å². The highest BCUT2D eigenvalue weighted by molar-refractivity contribution is 8.00. The third-order valence-electron chi connectivity index (χ3n) is 10.9. The van der Waals surface area contributed by atoms with E-state index in [-0.39, 0.29) is 0 Å². The van der Waals surface area contributed by atoms with E-state index in [1.807, 2.05) is 11.3 Å². The van der Waals surface area contributed by atoms with Gasteiger partial charge in [0.25, 0.3) is 0 Å². The molecule has 0 N–H and O–H groups in total. The summed E-state index contributed by atoms with van der Waals surface area (Å²) in [6, 6.07) is 47.9. The highest BCUT2D eigenvalue weighted by Crippen LogP contribution is 2.58. The summed E-state index contributed by atoms with van der Waals surface area (Å²) in [4.78, 5) is 1.42. The smallest absolute Gasteiger partial charge is 0.0461 e. The van der Waals surface area contributed by atoms with Crippen molar-refractivity contribution >= 4 is 88.6 Å². The number of hydrogen-bond donors (Lipinski definition) is 0. The Labute approximate surface area is 287 Å². The van der Waals surface area contributed by atoms with Gasteiger partial charge in [-0.1, -0.05) is 121 Å². The van der Waals surface area contributed by atoms with E-state index in [0.29, 0.717) is 11.2 Å². The van der Waals surface area contributed by atoms with E-state index < -0.39 is 0 Å². The molecule has 8 aromatic rings. The van der Waals surface area contributed by atoms with Crippen LogP contribution < -0.4 is 10.4 Å². The maximum absolute atomic E-state index is 2.60. The van der Waals surface area contributed by atoms with Crippen LogP contribution in [0, 0.1) is 0 Å². The quantitative estimate of drug-likeness (QED) is 0.180. The van der Waals surface area contributed by atoms with Crippen LogP contribution in [0.15, 0.2) is 132 Å². The molecular formula is C46H30S2. The third kappa shape index (κ3) is 3.79. The zero-order chi connectivity index (χ0) is 31.3. The highest BCUT2D eigenvalue weighted by Gasteiger charge is 2.41. The Bertz CT molecular complexity index is 2830. The maximum Gasteiger partial charge on any atom is 0.0461 e. The summed E-state index contributed by atoms with van der Waals surface area (Å²) in [6.07, 6.45) is 9.81. The van der Waals surface area contributed by atoms with Crippen molar-refractivity contribution in [2.24, 2.45) is 0 Å². The molecule has 2 aliphatic carbocycles. The SMILES string of the molecule is C1=C(c2c3c(c(-c4ccc5ccccc5c4)c4ccccc24)=CCCC=3)C2Sc3ccccc3C2c2ccc3c(sc4ccccc43)c21. The van der Waals surface area contributed by atoms with E-state index >= 15 is 0 Å². The first kappa shape index (κ1) is 27.1. The monoisotopic (exact) mass is 646 g/mol. The summed E-state index contributed by atoms with van der Waals surface area (Å²) in [5, 5.41) is 11.1. The van der Waals surface area contributed by atoms with Crippen molar-refractivity contribution in [3.05, 3.63) is 160 Å². The first-order chi connectivity index (χ1) is 23.8. The molecule has 0 saturated heterocycles. The van der Waals surface area contributed by atoms with Crippen LogP contribution in [0.1, 0.15) is 41.0 Å². The minimum absolute atomic E-state index is 0.316. The van der Waals surface area contributed by atoms with Crippen LogP contribution in [0.25, 0.3) is 76.6 Å². The standard InChI is InChI=1S/C46H30S2/c1-2-12-28-25-29(22-21-27(28)11-1)42-31-14-3-5-16-33(31)43(34-17-6-4-15-32(34)42)39-26-38-35(44-37-18-8-10-20-41(37)48-46(39)44)23-24-36-30-13-7-9-19-40(30)47-45(36)38/h1-3,5,7-26,44,46H,4,6H2. The van der Waals surface area contributed by atoms with Crippen LogP contribution in [0.2, 0.25) is 0 Å². The van der Waals surface area contributed by atoms with Gasteiger partial charge in [0.15, 0.2) is 0 Å². The number of rotatable bonds is 2. The van der Waals surface area contributed by atoms with Gasteiger partial charge in [0, 0.05) is 36.2 Å². The lowest BCUT2D eigenvalue weighted by molar-refractivity contribution is 0.857. The van der Waals surface area contributed by atoms with Gasteiger partial charge in [-0.05, 0) is 108 Å². The summed E-state index contributed by atoms with van der Waals surface area (Å²) < 4.78 is 2.78. The molecule has 0 nitrogen and oxygen atoms in total. The molecule has 1 aromatic heterocycles. The first-order valence-corrected chi connectivity index (χ1v) is 18.7. The minimum atomic E-state index is 0.316. The van der Waals surface area contributed by atoms with E-state index in [0.717, 1.165) is 12.8 Å². The lowest BCUT2D eigenvalue weighted by Crippen LogP contribution is -2.34. The fraction of sp³-hybridized carbons (Fsp3) is 0.0870. The molecule has 0 amide bonds. The van der Waals surface area contributed by atoms with Gasteiger partial charge in [-0.25, -0.2) is 0 Å². The Hall–Kier alpha value is -4.89. The zero-order valence-corrected chi connectivity index (χ0v) is 27.9. The zero-order valence-electron chi connectivity index (χ0n) is 26.2. The summed E-state index contributed by atoms with van der Waals surface area (Å²) in [5.41, 5.74) is 9.94. The average molecular weight is 647 g/mol. The van der Waals surface area contributed by atoms with Crippen LogP contribution in [-0.4, -0.2) is 5.25 Å². The number of thiophene rings is 1. The summed E-state index contributed by atoms with van der Waals surface area (Å²) in [7, 11) is 0. The second kappa shape index (κ2) is 10.3. The molecule has 2 heterocycles. The van der Waals surface area contributed by atoms with Gasteiger partial charge in [-0.2, -0.15) is 0 Å². The molecule has 0 fully saturated rings. The Morgan fingerprint density at radius 1 is 0.542 bits per heavy atom. The van der Waals surface area contributed by atoms with Crippen LogP contribution >= 0.6 is 23.1 Å². The molecule has 0 radical (unpaired) electrons. The van der Waals surface area contributed by atoms with Crippen molar-refractivity contribution in [3.8, 4) is 11.1 Å². The van der Waals surface area contributed by atoms with Crippen molar-refractivity contribution in [3.63, 3.8) is 0 Å². The predicted octanol–water partition coefficient (Wildman–Crippen LogP) is 11.5. The Kier molecular flexibility index (Phi) is 5.82. The Balaban J connectivity index is 1.26. The van der Waals surface area contributed by atoms with E-state index in [9.17, 15) is 0 Å². The van der Waals surface area contributed by atoms with Crippen LogP contribution in [0.5, 0.6) is 0 Å². The molecule has 0 spiro atoms. The number of thioether (sulfide) groups is 1. The minimum Gasteiger partial charge on any atom is -0.135 e. The molecule has 48 heavy (non-hydrogen) atoms. The molecule has 2 unspecified atom stereocenters. The molecule has 3 aliphatic rings. The van der Waals surface area contributed by atoms with Gasteiger partial charge in [0.05, 0.1) is 0 Å². The molecule has 1 aliphatic heterocycles. The number of fused-ring (bicyclic) bond motifs is 12. The first-order valence-electron chi connectivity index (χ1n) is 17.0. The van der Waals surface area contributed by atoms with Gasteiger partial charge < -0.3 is 0 Å². The maximum atomic E-state index is 2.60. The summed E-state index contributed by atoms with van der Waals surface area (Å²) >= 11 is 4.03. The summed E-state index contributed by atoms with van der Waals surface area (Å²) in [5.74, 6) is 0.318. The molecule has 2 heteroatoms. The predicted molar refractivity (Wildman–Crippen MR) is 209 cm³/mol. The van der Waals surface area contributed by atoms with E-state index in [1.54, 1.807) is 0 Å². The fourth-order valence-corrected chi connectivity index (χ4v) is 11.5.